The molecule has 1 aromatic rings. The van der Waals surface area contributed by atoms with Crippen molar-refractivity contribution in [3.05, 3.63) is 47.2 Å². The first kappa shape index (κ1) is 13.3. The van der Waals surface area contributed by atoms with E-state index in [2.05, 4.69) is 39.5 Å². The summed E-state index contributed by atoms with van der Waals surface area (Å²) in [4.78, 5) is 0. The van der Waals surface area contributed by atoms with Crippen LogP contribution >= 0.6 is 0 Å². The number of hydrogen-bond donors (Lipinski definition) is 1. The minimum absolute atomic E-state index is 0.209. The smallest absolute Gasteiger partial charge is 0.134 e. The van der Waals surface area contributed by atoms with Gasteiger partial charge in [0, 0.05) is 17.4 Å². The third-order valence-corrected chi connectivity index (χ3v) is 4.54. The first-order chi connectivity index (χ1) is 9.47. The first-order valence-corrected chi connectivity index (χ1v) is 7.38. The zero-order chi connectivity index (χ0) is 14.4. The summed E-state index contributed by atoms with van der Waals surface area (Å²) in [6, 6.07) is 3.94. The summed E-state index contributed by atoms with van der Waals surface area (Å²) in [7, 11) is 0. The highest BCUT2D eigenvalue weighted by molar-refractivity contribution is 5.55. The normalized spacial score (nSPS) is 24.8. The van der Waals surface area contributed by atoms with Crippen molar-refractivity contribution in [1.82, 2.24) is 0 Å². The second-order valence-corrected chi connectivity index (χ2v) is 6.36. The van der Waals surface area contributed by atoms with E-state index in [0.29, 0.717) is 17.6 Å². The lowest BCUT2D eigenvalue weighted by Gasteiger charge is -2.37. The molecule has 1 heterocycles. The maximum Gasteiger partial charge on any atom is 0.134 e. The molecule has 2 nitrogen and oxygen atoms in total. The summed E-state index contributed by atoms with van der Waals surface area (Å²) in [5.41, 5.74) is 3.43. The van der Waals surface area contributed by atoms with Crippen LogP contribution in [0.1, 0.15) is 56.6 Å². The van der Waals surface area contributed by atoms with Crippen LogP contribution in [0.3, 0.4) is 0 Å². The molecule has 0 saturated carbocycles. The number of fused-ring (bicyclic) bond motifs is 3. The number of rotatable bonds is 1. The molecule has 0 aromatic heterocycles. The van der Waals surface area contributed by atoms with Crippen molar-refractivity contribution in [1.29, 1.82) is 0 Å². The molecule has 0 fully saturated rings. The molecule has 0 spiro atoms. The summed E-state index contributed by atoms with van der Waals surface area (Å²) in [6.45, 7) is 10.5. The molecule has 1 aliphatic carbocycles. The van der Waals surface area contributed by atoms with Crippen molar-refractivity contribution >= 4 is 0 Å². The molecule has 2 heteroatoms. The Morgan fingerprint density at radius 2 is 2.10 bits per heavy atom. The predicted molar refractivity (Wildman–Crippen MR) is 81.2 cm³/mol. The second-order valence-electron chi connectivity index (χ2n) is 6.36. The topological polar surface area (TPSA) is 29.5 Å². The Kier molecular flexibility index (Phi) is 3.12. The van der Waals surface area contributed by atoms with Gasteiger partial charge in [-0.15, -0.1) is 0 Å². The summed E-state index contributed by atoms with van der Waals surface area (Å²) >= 11 is 0. The third kappa shape index (κ3) is 2.04. The first-order valence-electron chi connectivity index (χ1n) is 7.38. The van der Waals surface area contributed by atoms with Gasteiger partial charge in [0.15, 0.2) is 0 Å². The van der Waals surface area contributed by atoms with Crippen LogP contribution in [0.5, 0.6) is 11.5 Å². The maximum atomic E-state index is 10.5. The van der Waals surface area contributed by atoms with Gasteiger partial charge in [0.05, 0.1) is 0 Å². The van der Waals surface area contributed by atoms with Crippen molar-refractivity contribution in [3.63, 3.8) is 0 Å². The van der Waals surface area contributed by atoms with E-state index in [-0.39, 0.29) is 5.92 Å². The molecule has 0 saturated heterocycles. The summed E-state index contributed by atoms with van der Waals surface area (Å²) in [5, 5.41) is 10.5. The van der Waals surface area contributed by atoms with E-state index in [9.17, 15) is 5.11 Å². The van der Waals surface area contributed by atoms with E-state index in [1.165, 1.54) is 5.57 Å². The number of allylic oxidation sites excluding steroid dienone is 3. The van der Waals surface area contributed by atoms with E-state index >= 15 is 0 Å². The van der Waals surface area contributed by atoms with Crippen LogP contribution in [0.15, 0.2) is 36.1 Å². The van der Waals surface area contributed by atoms with Crippen molar-refractivity contribution < 1.29 is 9.84 Å². The van der Waals surface area contributed by atoms with E-state index in [0.717, 1.165) is 35.5 Å². The minimum atomic E-state index is 0.209. The maximum absolute atomic E-state index is 10.5. The fraction of sp³-hybridized carbons (Fsp3) is 0.444. The van der Waals surface area contributed by atoms with Gasteiger partial charge in [-0.2, -0.15) is 0 Å². The fourth-order valence-electron chi connectivity index (χ4n) is 3.32. The summed E-state index contributed by atoms with van der Waals surface area (Å²) in [5.74, 6) is 2.85. The molecule has 0 unspecified atom stereocenters. The Morgan fingerprint density at radius 1 is 1.35 bits per heavy atom. The highest BCUT2D eigenvalue weighted by Gasteiger charge is 2.36. The van der Waals surface area contributed by atoms with Crippen LogP contribution in [-0.2, 0) is 0 Å². The number of phenolic OH excluding ortho intramolecular Hbond substituents is 1. The average molecular weight is 270 g/mol. The van der Waals surface area contributed by atoms with Crippen molar-refractivity contribution in [2.75, 3.05) is 0 Å². The predicted octanol–water partition coefficient (Wildman–Crippen LogP) is 4.86. The van der Waals surface area contributed by atoms with Crippen LogP contribution in [0, 0.1) is 5.92 Å². The standard InChI is InChI=1S/C18H22O2/c1-10(2)13-8-16(19)18-15-7-11(3)5-6-14(15)12(4)20-17(18)9-13/h7-10,14-15,19H,4-6H2,1-3H3/t14-,15+/m0/s1. The quantitative estimate of drug-likeness (QED) is 0.738. The highest BCUT2D eigenvalue weighted by atomic mass is 16.5. The highest BCUT2D eigenvalue weighted by Crippen LogP contribution is 2.51. The van der Waals surface area contributed by atoms with Gasteiger partial charge in [-0.3, -0.25) is 0 Å². The van der Waals surface area contributed by atoms with Gasteiger partial charge >= 0.3 is 0 Å². The Labute approximate surface area is 120 Å². The Morgan fingerprint density at radius 3 is 2.80 bits per heavy atom. The number of benzene rings is 1. The van der Waals surface area contributed by atoms with Gasteiger partial charge in [-0.1, -0.05) is 32.1 Å². The van der Waals surface area contributed by atoms with Gasteiger partial charge in [-0.25, -0.2) is 0 Å². The third-order valence-electron chi connectivity index (χ3n) is 4.54. The molecular weight excluding hydrogens is 248 g/mol. The molecule has 3 rings (SSSR count). The van der Waals surface area contributed by atoms with Gasteiger partial charge in [-0.05, 0) is 43.4 Å². The molecule has 2 atom stereocenters. The molecule has 1 N–H and O–H groups in total. The van der Waals surface area contributed by atoms with E-state index in [1.54, 1.807) is 0 Å². The molecule has 1 aliphatic heterocycles. The molecule has 0 bridgehead atoms. The second kappa shape index (κ2) is 4.69. The summed E-state index contributed by atoms with van der Waals surface area (Å²) in [6.07, 6.45) is 4.41. The Hall–Kier alpha value is -1.70. The molecule has 0 radical (unpaired) electrons. The number of hydrogen-bond acceptors (Lipinski definition) is 2. The zero-order valence-corrected chi connectivity index (χ0v) is 12.4. The van der Waals surface area contributed by atoms with Crippen LogP contribution in [0.4, 0.5) is 0 Å². The molecule has 20 heavy (non-hydrogen) atoms. The van der Waals surface area contributed by atoms with Crippen molar-refractivity contribution in [2.24, 2.45) is 5.92 Å². The minimum Gasteiger partial charge on any atom is -0.507 e. The average Bonchev–Trinajstić information content (AvgIpc) is 2.37. The van der Waals surface area contributed by atoms with Gasteiger partial charge in [0.1, 0.15) is 17.3 Å². The summed E-state index contributed by atoms with van der Waals surface area (Å²) < 4.78 is 5.92. The zero-order valence-electron chi connectivity index (χ0n) is 12.4. The SMILES string of the molecule is C=C1Oc2cc(C(C)C)cc(O)c2[C@@H]2C=C(C)CC[C@@H]12. The van der Waals surface area contributed by atoms with Crippen LogP contribution < -0.4 is 4.74 Å². The lowest BCUT2D eigenvalue weighted by Crippen LogP contribution is -2.25. The molecule has 0 amide bonds. The van der Waals surface area contributed by atoms with Crippen molar-refractivity contribution in [3.8, 4) is 11.5 Å². The van der Waals surface area contributed by atoms with Crippen LogP contribution in [-0.4, -0.2) is 5.11 Å². The van der Waals surface area contributed by atoms with Crippen LogP contribution in [0.25, 0.3) is 0 Å². The molecular formula is C18H22O2. The Bertz CT molecular complexity index is 596. The number of phenols is 1. The van der Waals surface area contributed by atoms with Crippen molar-refractivity contribution in [2.45, 2.75) is 45.4 Å². The fourth-order valence-corrected chi connectivity index (χ4v) is 3.32. The molecule has 106 valence electrons. The lowest BCUT2D eigenvalue weighted by atomic mass is 9.74. The monoisotopic (exact) mass is 270 g/mol. The van der Waals surface area contributed by atoms with E-state index in [4.69, 9.17) is 4.74 Å². The number of ether oxygens (including phenoxy) is 1. The van der Waals surface area contributed by atoms with Crippen LogP contribution in [0.2, 0.25) is 0 Å². The molecule has 1 aromatic carbocycles. The lowest BCUT2D eigenvalue weighted by molar-refractivity contribution is 0.274. The van der Waals surface area contributed by atoms with Gasteiger partial charge < -0.3 is 9.84 Å². The number of aromatic hydroxyl groups is 1. The van der Waals surface area contributed by atoms with Gasteiger partial charge in [0.25, 0.3) is 0 Å². The van der Waals surface area contributed by atoms with E-state index < -0.39 is 0 Å². The van der Waals surface area contributed by atoms with E-state index in [1.807, 2.05) is 6.07 Å². The largest absolute Gasteiger partial charge is 0.507 e. The Balaban J connectivity index is 2.16. The van der Waals surface area contributed by atoms with Gasteiger partial charge in [0.2, 0.25) is 0 Å². The molecule has 2 aliphatic rings.